The molecule has 1 aromatic rings. The van der Waals surface area contributed by atoms with Gasteiger partial charge < -0.3 is 4.74 Å². The van der Waals surface area contributed by atoms with Gasteiger partial charge in [0.25, 0.3) is 0 Å². The molecule has 7 heteroatoms. The predicted octanol–water partition coefficient (Wildman–Crippen LogP) is 3.29. The van der Waals surface area contributed by atoms with Crippen LogP contribution in [0.5, 0.6) is 5.75 Å². The van der Waals surface area contributed by atoms with Gasteiger partial charge in [-0.25, -0.2) is 8.42 Å². The van der Waals surface area contributed by atoms with Crippen molar-refractivity contribution in [2.75, 3.05) is 7.11 Å². The quantitative estimate of drug-likeness (QED) is 0.758. The van der Waals surface area contributed by atoms with Crippen molar-refractivity contribution in [2.24, 2.45) is 0 Å². The molecule has 0 aromatic heterocycles. The van der Waals surface area contributed by atoms with Gasteiger partial charge in [-0.05, 0) is 28.1 Å². The topological polar surface area (TPSA) is 43.4 Å². The van der Waals surface area contributed by atoms with Crippen LogP contribution < -0.4 is 4.74 Å². The Morgan fingerprint density at radius 3 is 2.47 bits per heavy atom. The Hall–Kier alpha value is 0.220. The van der Waals surface area contributed by atoms with Crippen molar-refractivity contribution in [3.05, 3.63) is 26.6 Å². The molecule has 0 atom stereocenters. The summed E-state index contributed by atoms with van der Waals surface area (Å²) in [5.41, 5.74) is 0.508. The summed E-state index contributed by atoms with van der Waals surface area (Å²) in [6.07, 6.45) is 0. The van der Waals surface area contributed by atoms with Gasteiger partial charge in [-0.3, -0.25) is 0 Å². The van der Waals surface area contributed by atoms with Crippen molar-refractivity contribution in [2.45, 2.75) is 5.75 Å². The first-order valence-corrected chi connectivity index (χ1v) is 7.84. The smallest absolute Gasteiger partial charge is 0.236 e. The number of rotatable bonds is 3. The van der Waals surface area contributed by atoms with Gasteiger partial charge in [0.05, 0.1) is 17.3 Å². The second-order valence-corrected chi connectivity index (χ2v) is 7.31. The molecule has 15 heavy (non-hydrogen) atoms. The summed E-state index contributed by atoms with van der Waals surface area (Å²) in [5, 5.41) is 0. The molecule has 84 valence electrons. The summed E-state index contributed by atoms with van der Waals surface area (Å²) >= 11 is 6.53. The first-order chi connectivity index (χ1) is 6.83. The Morgan fingerprint density at radius 2 is 2.00 bits per heavy atom. The zero-order valence-corrected chi connectivity index (χ0v) is 12.4. The molecule has 0 aliphatic carbocycles. The van der Waals surface area contributed by atoms with Gasteiger partial charge in [-0.2, -0.15) is 0 Å². The van der Waals surface area contributed by atoms with Crippen molar-refractivity contribution < 1.29 is 13.2 Å². The average molecular weight is 378 g/mol. The van der Waals surface area contributed by atoms with Crippen molar-refractivity contribution in [1.82, 2.24) is 0 Å². The Morgan fingerprint density at radius 1 is 1.40 bits per heavy atom. The predicted molar refractivity (Wildman–Crippen MR) is 66.9 cm³/mol. The van der Waals surface area contributed by atoms with E-state index in [1.54, 1.807) is 12.1 Å². The van der Waals surface area contributed by atoms with Crippen molar-refractivity contribution in [3.63, 3.8) is 0 Å². The molecule has 0 aliphatic heterocycles. The summed E-state index contributed by atoms with van der Waals surface area (Å²) < 4.78 is 28.5. The van der Waals surface area contributed by atoms with E-state index in [2.05, 4.69) is 31.9 Å². The van der Waals surface area contributed by atoms with Crippen molar-refractivity contribution in [1.29, 1.82) is 0 Å². The third-order valence-corrected chi connectivity index (χ3v) is 3.65. The fourth-order valence-electron chi connectivity index (χ4n) is 1.14. The molecule has 0 radical (unpaired) electrons. The van der Waals surface area contributed by atoms with Crippen LogP contribution in [0.3, 0.4) is 0 Å². The first kappa shape index (κ1) is 13.3. The Kier molecular flexibility index (Phi) is 4.46. The molecule has 0 unspecified atom stereocenters. The molecule has 1 aromatic carbocycles. The van der Waals surface area contributed by atoms with Crippen LogP contribution in [0.15, 0.2) is 21.1 Å². The molecule has 0 spiro atoms. The Labute approximate surface area is 109 Å². The fraction of sp³-hybridized carbons (Fsp3) is 0.250. The minimum atomic E-state index is -3.59. The van der Waals surface area contributed by atoms with Gasteiger partial charge in [0.1, 0.15) is 5.75 Å². The van der Waals surface area contributed by atoms with Gasteiger partial charge in [0.2, 0.25) is 9.05 Å². The Bertz CT molecular complexity index is 473. The molecule has 0 amide bonds. The monoisotopic (exact) mass is 376 g/mol. The number of halogens is 3. The zero-order valence-electron chi connectivity index (χ0n) is 7.63. The highest BCUT2D eigenvalue weighted by molar-refractivity contribution is 9.11. The van der Waals surface area contributed by atoms with Crippen LogP contribution in [0.25, 0.3) is 0 Å². The second-order valence-electron chi connectivity index (χ2n) is 2.76. The molecule has 0 aliphatic rings. The third-order valence-electron chi connectivity index (χ3n) is 1.62. The summed E-state index contributed by atoms with van der Waals surface area (Å²) in [6, 6.07) is 3.42. The lowest BCUT2D eigenvalue weighted by atomic mass is 10.2. The summed E-state index contributed by atoms with van der Waals surface area (Å²) in [7, 11) is 3.07. The number of ether oxygens (including phenoxy) is 1. The standard InChI is InChI=1S/C8H7Br2ClO3S/c1-14-8-5(4-15(11,12)13)2-6(9)3-7(8)10/h2-3H,4H2,1H3. The second kappa shape index (κ2) is 5.03. The van der Waals surface area contributed by atoms with Gasteiger partial charge in [-0.1, -0.05) is 15.9 Å². The molecule has 3 nitrogen and oxygen atoms in total. The van der Waals surface area contributed by atoms with E-state index in [9.17, 15) is 8.42 Å². The Balaban J connectivity index is 3.27. The maximum atomic E-state index is 11.0. The van der Waals surface area contributed by atoms with E-state index in [1.165, 1.54) is 7.11 Å². The lowest BCUT2D eigenvalue weighted by molar-refractivity contribution is 0.408. The molecule has 1 rings (SSSR count). The molecule has 0 saturated carbocycles. The van der Waals surface area contributed by atoms with Gasteiger partial charge in [0.15, 0.2) is 0 Å². The summed E-state index contributed by atoms with van der Waals surface area (Å²) in [5.74, 6) is 0.206. The highest BCUT2D eigenvalue weighted by atomic mass is 79.9. The summed E-state index contributed by atoms with van der Waals surface area (Å²) in [4.78, 5) is 0. The molecule has 0 heterocycles. The van der Waals surface area contributed by atoms with E-state index in [-0.39, 0.29) is 5.75 Å². The zero-order chi connectivity index (χ0) is 11.6. The highest BCUT2D eigenvalue weighted by Crippen LogP contribution is 2.34. The highest BCUT2D eigenvalue weighted by Gasteiger charge is 2.15. The lowest BCUT2D eigenvalue weighted by Gasteiger charge is -2.09. The maximum absolute atomic E-state index is 11.0. The van der Waals surface area contributed by atoms with E-state index in [1.807, 2.05) is 0 Å². The normalized spacial score (nSPS) is 11.5. The average Bonchev–Trinajstić information content (AvgIpc) is 1.99. The fourth-order valence-corrected chi connectivity index (χ4v) is 3.55. The lowest BCUT2D eigenvalue weighted by Crippen LogP contribution is -1.99. The van der Waals surface area contributed by atoms with Crippen LogP contribution in [0.1, 0.15) is 5.56 Å². The minimum absolute atomic E-state index is 0.268. The minimum Gasteiger partial charge on any atom is -0.495 e. The van der Waals surface area contributed by atoms with E-state index in [0.29, 0.717) is 15.8 Å². The van der Waals surface area contributed by atoms with E-state index in [4.69, 9.17) is 15.4 Å². The number of hydrogen-bond donors (Lipinski definition) is 0. The molecule has 0 saturated heterocycles. The van der Waals surface area contributed by atoms with E-state index in [0.717, 1.165) is 4.47 Å². The SMILES string of the molecule is COc1c(Br)cc(Br)cc1CS(=O)(=O)Cl. The van der Waals surface area contributed by atoms with Crippen LogP contribution in [0.2, 0.25) is 0 Å². The van der Waals surface area contributed by atoms with Crippen LogP contribution in [-0.4, -0.2) is 15.5 Å². The number of hydrogen-bond acceptors (Lipinski definition) is 3. The molecule has 0 N–H and O–H groups in total. The van der Waals surface area contributed by atoms with Crippen LogP contribution in [0, 0.1) is 0 Å². The van der Waals surface area contributed by atoms with E-state index >= 15 is 0 Å². The molecule has 0 bridgehead atoms. The molecular formula is C8H7Br2ClO3S. The van der Waals surface area contributed by atoms with Crippen molar-refractivity contribution in [3.8, 4) is 5.75 Å². The first-order valence-electron chi connectivity index (χ1n) is 3.77. The van der Waals surface area contributed by atoms with Gasteiger partial charge >= 0.3 is 0 Å². The third kappa shape index (κ3) is 3.94. The molecule has 0 fully saturated rings. The van der Waals surface area contributed by atoms with Crippen molar-refractivity contribution >= 4 is 51.6 Å². The van der Waals surface area contributed by atoms with Crippen LogP contribution >= 0.6 is 42.5 Å². The van der Waals surface area contributed by atoms with E-state index < -0.39 is 9.05 Å². The van der Waals surface area contributed by atoms with Crippen LogP contribution in [-0.2, 0) is 14.8 Å². The number of methoxy groups -OCH3 is 1. The van der Waals surface area contributed by atoms with Gasteiger partial charge in [0, 0.05) is 20.7 Å². The largest absolute Gasteiger partial charge is 0.495 e. The van der Waals surface area contributed by atoms with Crippen LogP contribution in [0.4, 0.5) is 0 Å². The number of benzene rings is 1. The maximum Gasteiger partial charge on any atom is 0.236 e. The molecular weight excluding hydrogens is 371 g/mol. The van der Waals surface area contributed by atoms with Gasteiger partial charge in [-0.15, -0.1) is 0 Å². The summed E-state index contributed by atoms with van der Waals surface area (Å²) in [6.45, 7) is 0.